The van der Waals surface area contributed by atoms with Gasteiger partial charge in [0.25, 0.3) is 0 Å². The van der Waals surface area contributed by atoms with Crippen LogP contribution in [0.25, 0.3) is 0 Å². The third-order valence-corrected chi connectivity index (χ3v) is 5.75. The molecule has 0 spiro atoms. The molecule has 2 aromatic rings. The molecule has 0 aliphatic carbocycles. The second-order valence-corrected chi connectivity index (χ2v) is 7.40. The van der Waals surface area contributed by atoms with Gasteiger partial charge in [-0.2, -0.15) is 0 Å². The second kappa shape index (κ2) is 5.51. The van der Waals surface area contributed by atoms with Crippen LogP contribution in [0, 0.1) is 6.92 Å². The van der Waals surface area contributed by atoms with E-state index in [4.69, 9.17) is 16.7 Å². The first-order valence-corrected chi connectivity index (χ1v) is 8.37. The Morgan fingerprint density at radius 1 is 1.45 bits per heavy atom. The lowest BCUT2D eigenvalue weighted by atomic mass is 10.2. The van der Waals surface area contributed by atoms with Crippen molar-refractivity contribution in [2.45, 2.75) is 17.6 Å². The first-order valence-electron chi connectivity index (χ1n) is 5.46. The molecule has 1 N–H and O–H groups in total. The molecule has 0 saturated carbocycles. The first-order chi connectivity index (χ1) is 9.29. The maximum absolute atomic E-state index is 12.3. The molecule has 0 aliphatic heterocycles. The van der Waals surface area contributed by atoms with Crippen LogP contribution in [0.5, 0.6) is 0 Å². The van der Waals surface area contributed by atoms with Crippen LogP contribution in [0.3, 0.4) is 0 Å². The molecule has 106 valence electrons. The molecular formula is C12H10ClNO4S2. The SMILES string of the molecule is Cc1csc(CS(=O)(=O)c2cc(C(=O)O)ccc2Cl)n1. The fraction of sp³-hybridized carbons (Fsp3) is 0.167. The van der Waals surface area contributed by atoms with Crippen LogP contribution in [0.15, 0.2) is 28.5 Å². The molecule has 0 fully saturated rings. The van der Waals surface area contributed by atoms with Crippen molar-refractivity contribution in [1.82, 2.24) is 4.98 Å². The molecule has 2 rings (SSSR count). The van der Waals surface area contributed by atoms with Crippen molar-refractivity contribution < 1.29 is 18.3 Å². The summed E-state index contributed by atoms with van der Waals surface area (Å²) in [5.74, 6) is -1.50. The second-order valence-electron chi connectivity index (χ2n) is 4.09. The molecule has 0 bridgehead atoms. The summed E-state index contributed by atoms with van der Waals surface area (Å²) >= 11 is 7.11. The van der Waals surface area contributed by atoms with Crippen molar-refractivity contribution in [3.05, 3.63) is 44.9 Å². The number of rotatable bonds is 4. The molecule has 1 heterocycles. The molecular weight excluding hydrogens is 322 g/mol. The van der Waals surface area contributed by atoms with Gasteiger partial charge in [-0.05, 0) is 25.1 Å². The maximum Gasteiger partial charge on any atom is 0.335 e. The Kier molecular flexibility index (Phi) is 4.12. The van der Waals surface area contributed by atoms with Gasteiger partial charge in [0.1, 0.15) is 10.8 Å². The molecule has 0 saturated heterocycles. The van der Waals surface area contributed by atoms with Crippen LogP contribution < -0.4 is 0 Å². The van der Waals surface area contributed by atoms with Gasteiger partial charge in [0.2, 0.25) is 0 Å². The van der Waals surface area contributed by atoms with E-state index in [1.54, 1.807) is 12.3 Å². The fourth-order valence-electron chi connectivity index (χ4n) is 1.58. The Morgan fingerprint density at radius 3 is 2.70 bits per heavy atom. The number of nitrogens with zero attached hydrogens (tertiary/aromatic N) is 1. The molecule has 0 aliphatic rings. The number of sulfone groups is 1. The number of carboxylic acids is 1. The van der Waals surface area contributed by atoms with E-state index in [1.165, 1.54) is 23.5 Å². The van der Waals surface area contributed by atoms with E-state index in [0.29, 0.717) is 5.01 Å². The Morgan fingerprint density at radius 2 is 2.15 bits per heavy atom. The van der Waals surface area contributed by atoms with Gasteiger partial charge in [-0.3, -0.25) is 0 Å². The summed E-state index contributed by atoms with van der Waals surface area (Å²) in [5.41, 5.74) is 0.619. The summed E-state index contributed by atoms with van der Waals surface area (Å²) in [7, 11) is -3.73. The van der Waals surface area contributed by atoms with E-state index in [1.807, 2.05) is 0 Å². The normalized spacial score (nSPS) is 11.5. The summed E-state index contributed by atoms with van der Waals surface area (Å²) in [6.45, 7) is 1.77. The highest BCUT2D eigenvalue weighted by Gasteiger charge is 2.22. The minimum Gasteiger partial charge on any atom is -0.478 e. The quantitative estimate of drug-likeness (QED) is 0.931. The highest BCUT2D eigenvalue weighted by Crippen LogP contribution is 2.26. The van der Waals surface area contributed by atoms with Gasteiger partial charge >= 0.3 is 5.97 Å². The number of hydrogen-bond acceptors (Lipinski definition) is 5. The predicted octanol–water partition coefficient (Wildman–Crippen LogP) is 2.78. The molecule has 8 heteroatoms. The lowest BCUT2D eigenvalue weighted by Crippen LogP contribution is -2.07. The van der Waals surface area contributed by atoms with Crippen molar-refractivity contribution in [2.75, 3.05) is 0 Å². The van der Waals surface area contributed by atoms with Gasteiger partial charge in [0.05, 0.1) is 15.5 Å². The van der Waals surface area contributed by atoms with Crippen molar-refractivity contribution in [2.24, 2.45) is 0 Å². The van der Waals surface area contributed by atoms with Crippen molar-refractivity contribution >= 4 is 38.7 Å². The van der Waals surface area contributed by atoms with Gasteiger partial charge in [-0.15, -0.1) is 11.3 Å². The van der Waals surface area contributed by atoms with E-state index < -0.39 is 15.8 Å². The van der Waals surface area contributed by atoms with E-state index in [-0.39, 0.29) is 21.2 Å². The smallest absolute Gasteiger partial charge is 0.335 e. The van der Waals surface area contributed by atoms with Crippen LogP contribution in [0.4, 0.5) is 0 Å². The van der Waals surface area contributed by atoms with Gasteiger partial charge in [-0.1, -0.05) is 11.6 Å². The number of halogens is 1. The Labute approximate surface area is 124 Å². The minimum atomic E-state index is -3.73. The van der Waals surface area contributed by atoms with Crippen molar-refractivity contribution in [1.29, 1.82) is 0 Å². The third kappa shape index (κ3) is 3.17. The molecule has 1 aromatic heterocycles. The lowest BCUT2D eigenvalue weighted by Gasteiger charge is -2.06. The van der Waals surface area contributed by atoms with E-state index >= 15 is 0 Å². The van der Waals surface area contributed by atoms with E-state index in [9.17, 15) is 13.2 Å². The number of aromatic carboxylic acids is 1. The molecule has 0 radical (unpaired) electrons. The molecule has 5 nitrogen and oxygen atoms in total. The van der Waals surface area contributed by atoms with Crippen LogP contribution in [0.2, 0.25) is 5.02 Å². The van der Waals surface area contributed by atoms with E-state index in [0.717, 1.165) is 11.8 Å². The van der Waals surface area contributed by atoms with Gasteiger partial charge in [0, 0.05) is 11.1 Å². The average molecular weight is 332 g/mol. The Bertz CT molecular complexity index is 768. The molecule has 1 aromatic carbocycles. The Hall–Kier alpha value is -1.44. The molecule has 20 heavy (non-hydrogen) atoms. The van der Waals surface area contributed by atoms with E-state index in [2.05, 4.69) is 4.98 Å². The summed E-state index contributed by atoms with van der Waals surface area (Å²) in [6, 6.07) is 3.60. The first kappa shape index (κ1) is 15.0. The average Bonchev–Trinajstić information content (AvgIpc) is 2.73. The topological polar surface area (TPSA) is 84.3 Å². The monoisotopic (exact) mass is 331 g/mol. The zero-order valence-corrected chi connectivity index (χ0v) is 12.7. The summed E-state index contributed by atoms with van der Waals surface area (Å²) in [6.07, 6.45) is 0. The summed E-state index contributed by atoms with van der Waals surface area (Å²) in [5, 5.41) is 11.1. The number of benzene rings is 1. The number of carbonyl (C=O) groups is 1. The largest absolute Gasteiger partial charge is 0.478 e. The van der Waals surface area contributed by atoms with Crippen molar-refractivity contribution in [3.63, 3.8) is 0 Å². The number of hydrogen-bond donors (Lipinski definition) is 1. The highest BCUT2D eigenvalue weighted by atomic mass is 35.5. The summed E-state index contributed by atoms with van der Waals surface area (Å²) < 4.78 is 24.6. The van der Waals surface area contributed by atoms with Crippen LogP contribution >= 0.6 is 22.9 Å². The third-order valence-electron chi connectivity index (χ3n) is 2.49. The number of aryl methyl sites for hydroxylation is 1. The molecule has 0 amide bonds. The minimum absolute atomic E-state index is 0.00304. The van der Waals surface area contributed by atoms with Crippen LogP contribution in [0.1, 0.15) is 21.1 Å². The van der Waals surface area contributed by atoms with Crippen LogP contribution in [-0.2, 0) is 15.6 Å². The van der Waals surface area contributed by atoms with Crippen molar-refractivity contribution in [3.8, 4) is 0 Å². The standard InChI is InChI=1S/C12H10ClNO4S2/c1-7-5-19-11(14-7)6-20(17,18)10-4-8(12(15)16)2-3-9(10)13/h2-5H,6H2,1H3,(H,15,16). The fourth-order valence-corrected chi connectivity index (χ4v) is 4.56. The number of carboxylic acid groups (broad SMARTS) is 1. The van der Waals surface area contributed by atoms with Crippen LogP contribution in [-0.4, -0.2) is 24.5 Å². The maximum atomic E-state index is 12.3. The van der Waals surface area contributed by atoms with Gasteiger partial charge < -0.3 is 5.11 Å². The molecule has 0 unspecified atom stereocenters. The lowest BCUT2D eigenvalue weighted by molar-refractivity contribution is 0.0696. The number of aromatic nitrogens is 1. The zero-order valence-electron chi connectivity index (χ0n) is 10.3. The zero-order chi connectivity index (χ0) is 14.9. The number of thiazole rings is 1. The highest BCUT2D eigenvalue weighted by molar-refractivity contribution is 7.90. The van der Waals surface area contributed by atoms with Gasteiger partial charge in [-0.25, -0.2) is 18.2 Å². The van der Waals surface area contributed by atoms with Gasteiger partial charge in [0.15, 0.2) is 9.84 Å². The predicted molar refractivity (Wildman–Crippen MR) is 76.2 cm³/mol. The Balaban J connectivity index is 2.43. The molecule has 0 atom stereocenters. The summed E-state index contributed by atoms with van der Waals surface area (Å²) in [4.78, 5) is 14.8.